The highest BCUT2D eigenvalue weighted by Crippen LogP contribution is 2.29. The van der Waals surface area contributed by atoms with Crippen molar-refractivity contribution in [3.8, 4) is 17.1 Å². The van der Waals surface area contributed by atoms with E-state index in [0.717, 1.165) is 27.9 Å². The first-order chi connectivity index (χ1) is 12.7. The second-order valence-electron chi connectivity index (χ2n) is 5.56. The molecule has 4 aromatic rings. The molecule has 130 valence electrons. The van der Waals surface area contributed by atoms with Gasteiger partial charge in [0, 0.05) is 33.8 Å². The van der Waals surface area contributed by atoms with E-state index in [-0.39, 0.29) is 5.56 Å². The van der Waals surface area contributed by atoms with Crippen molar-refractivity contribution in [1.82, 2.24) is 25.0 Å². The summed E-state index contributed by atoms with van der Waals surface area (Å²) in [6.07, 6.45) is 0. The van der Waals surface area contributed by atoms with Gasteiger partial charge in [0.2, 0.25) is 0 Å². The van der Waals surface area contributed by atoms with Gasteiger partial charge in [-0.15, -0.1) is 10.2 Å². The van der Waals surface area contributed by atoms with Crippen molar-refractivity contribution in [2.45, 2.75) is 10.9 Å². The van der Waals surface area contributed by atoms with Crippen molar-refractivity contribution in [2.24, 2.45) is 0 Å². The molecule has 0 spiro atoms. The van der Waals surface area contributed by atoms with Gasteiger partial charge in [0.15, 0.2) is 11.0 Å². The quantitative estimate of drug-likeness (QED) is 0.512. The van der Waals surface area contributed by atoms with Crippen LogP contribution in [-0.2, 0) is 5.75 Å². The van der Waals surface area contributed by atoms with Gasteiger partial charge in [0.1, 0.15) is 0 Å². The van der Waals surface area contributed by atoms with E-state index in [9.17, 15) is 4.79 Å². The molecule has 0 aliphatic rings. The highest BCUT2D eigenvalue weighted by Gasteiger charge is 2.16. The lowest BCUT2D eigenvalue weighted by molar-refractivity contribution is 0.884. The van der Waals surface area contributed by atoms with E-state index >= 15 is 0 Å². The van der Waals surface area contributed by atoms with Crippen LogP contribution in [0.2, 0.25) is 5.02 Å². The Hall–Kier alpha value is -2.77. The SMILES string of the molecule is O=c1cc(CSc2nnc(-c3ccc(Cl)cc3)n2-c2ccccc2)[nH][nH]1. The highest BCUT2D eigenvalue weighted by atomic mass is 35.5. The van der Waals surface area contributed by atoms with Crippen molar-refractivity contribution in [1.29, 1.82) is 0 Å². The fraction of sp³-hybridized carbons (Fsp3) is 0.0556. The number of benzene rings is 2. The van der Waals surface area contributed by atoms with E-state index in [4.69, 9.17) is 11.6 Å². The highest BCUT2D eigenvalue weighted by molar-refractivity contribution is 7.98. The summed E-state index contributed by atoms with van der Waals surface area (Å²) in [7, 11) is 0. The van der Waals surface area contributed by atoms with E-state index < -0.39 is 0 Å². The number of nitrogens with one attached hydrogen (secondary N) is 2. The third kappa shape index (κ3) is 3.44. The lowest BCUT2D eigenvalue weighted by Crippen LogP contribution is -1.99. The summed E-state index contributed by atoms with van der Waals surface area (Å²) in [6, 6.07) is 19.0. The Kier molecular flexibility index (Phi) is 4.64. The molecule has 2 N–H and O–H groups in total. The third-order valence-corrected chi connectivity index (χ3v) is 4.99. The normalized spacial score (nSPS) is 11.0. The van der Waals surface area contributed by atoms with E-state index in [1.165, 1.54) is 17.8 Å². The molecule has 0 saturated heterocycles. The Labute approximate surface area is 158 Å². The van der Waals surface area contributed by atoms with Gasteiger partial charge < -0.3 is 5.10 Å². The maximum absolute atomic E-state index is 11.3. The fourth-order valence-electron chi connectivity index (χ4n) is 2.55. The summed E-state index contributed by atoms with van der Waals surface area (Å²) in [4.78, 5) is 11.3. The predicted octanol–water partition coefficient (Wildman–Crippen LogP) is 3.90. The number of nitrogens with zero attached hydrogens (tertiary/aromatic N) is 3. The molecule has 0 atom stereocenters. The second-order valence-corrected chi connectivity index (χ2v) is 6.94. The number of halogens is 1. The summed E-state index contributed by atoms with van der Waals surface area (Å²) in [5.41, 5.74) is 2.54. The zero-order valence-corrected chi connectivity index (χ0v) is 15.1. The second kappa shape index (κ2) is 7.23. The molecule has 0 amide bonds. The van der Waals surface area contributed by atoms with Crippen molar-refractivity contribution in [3.05, 3.63) is 81.7 Å². The van der Waals surface area contributed by atoms with Gasteiger partial charge in [-0.1, -0.05) is 41.6 Å². The summed E-state index contributed by atoms with van der Waals surface area (Å²) < 4.78 is 2.00. The van der Waals surface area contributed by atoms with E-state index in [0.29, 0.717) is 10.8 Å². The number of para-hydroxylation sites is 1. The Balaban J connectivity index is 1.74. The molecule has 6 nitrogen and oxygen atoms in total. The first-order valence-corrected chi connectivity index (χ1v) is 9.23. The van der Waals surface area contributed by atoms with Crippen molar-refractivity contribution < 1.29 is 0 Å². The zero-order valence-electron chi connectivity index (χ0n) is 13.5. The van der Waals surface area contributed by atoms with Crippen LogP contribution in [0.3, 0.4) is 0 Å². The van der Waals surface area contributed by atoms with Gasteiger partial charge in [-0.05, 0) is 36.4 Å². The van der Waals surface area contributed by atoms with Crippen molar-refractivity contribution in [3.63, 3.8) is 0 Å². The molecule has 8 heteroatoms. The number of hydrogen-bond acceptors (Lipinski definition) is 4. The van der Waals surface area contributed by atoms with Crippen molar-refractivity contribution >= 4 is 23.4 Å². The number of thioether (sulfide) groups is 1. The Bertz CT molecular complexity index is 1070. The average Bonchev–Trinajstić information content (AvgIpc) is 3.27. The standard InChI is InChI=1S/C18H14ClN5OS/c19-13-8-6-12(7-9-13)17-22-23-18(24(17)15-4-2-1-3-5-15)26-11-14-10-16(25)21-20-14/h1-10H,11H2,(H2,20,21,25). The molecule has 0 aliphatic carbocycles. The lowest BCUT2D eigenvalue weighted by atomic mass is 10.2. The third-order valence-electron chi connectivity index (χ3n) is 3.76. The number of hydrogen-bond donors (Lipinski definition) is 2. The van der Waals surface area contributed by atoms with Crippen LogP contribution in [0.1, 0.15) is 5.69 Å². The largest absolute Gasteiger partial charge is 0.301 e. The number of aromatic nitrogens is 5. The molecule has 0 unspecified atom stereocenters. The Morgan fingerprint density at radius 1 is 1.00 bits per heavy atom. The molecule has 0 saturated carbocycles. The molecule has 0 bridgehead atoms. The molecule has 2 heterocycles. The summed E-state index contributed by atoms with van der Waals surface area (Å²) in [6.45, 7) is 0. The molecule has 2 aromatic carbocycles. The van der Waals surface area contributed by atoms with Crippen LogP contribution in [0.25, 0.3) is 17.1 Å². The van der Waals surface area contributed by atoms with Crippen LogP contribution >= 0.6 is 23.4 Å². The van der Waals surface area contributed by atoms with E-state index in [2.05, 4.69) is 20.4 Å². The van der Waals surface area contributed by atoms with Crippen LogP contribution in [0, 0.1) is 0 Å². The maximum Gasteiger partial charge on any atom is 0.264 e. The molecular formula is C18H14ClN5OS. The minimum atomic E-state index is -0.146. The maximum atomic E-state index is 11.3. The van der Waals surface area contributed by atoms with Crippen LogP contribution in [-0.4, -0.2) is 25.0 Å². The minimum Gasteiger partial charge on any atom is -0.301 e. The van der Waals surface area contributed by atoms with Crippen LogP contribution < -0.4 is 5.56 Å². The minimum absolute atomic E-state index is 0.146. The molecule has 0 aliphatic heterocycles. The number of H-pyrrole nitrogens is 2. The van der Waals surface area contributed by atoms with Gasteiger partial charge in [-0.3, -0.25) is 14.5 Å². The molecule has 26 heavy (non-hydrogen) atoms. The summed E-state index contributed by atoms with van der Waals surface area (Å²) >= 11 is 7.50. The van der Waals surface area contributed by atoms with Crippen LogP contribution in [0.5, 0.6) is 0 Å². The van der Waals surface area contributed by atoms with Crippen LogP contribution in [0.15, 0.2) is 70.6 Å². The predicted molar refractivity (Wildman–Crippen MR) is 103 cm³/mol. The molecule has 0 radical (unpaired) electrons. The molecule has 2 aromatic heterocycles. The van der Waals surface area contributed by atoms with Gasteiger partial charge >= 0.3 is 0 Å². The lowest BCUT2D eigenvalue weighted by Gasteiger charge is -2.10. The topological polar surface area (TPSA) is 79.4 Å². The van der Waals surface area contributed by atoms with E-state index in [1.54, 1.807) is 0 Å². The first kappa shape index (κ1) is 16.7. The van der Waals surface area contributed by atoms with Gasteiger partial charge in [0.05, 0.1) is 0 Å². The van der Waals surface area contributed by atoms with Crippen LogP contribution in [0.4, 0.5) is 0 Å². The smallest absolute Gasteiger partial charge is 0.264 e. The molecule has 0 fully saturated rings. The summed E-state index contributed by atoms with van der Waals surface area (Å²) in [5.74, 6) is 1.31. The zero-order chi connectivity index (χ0) is 17.9. The number of rotatable bonds is 5. The van der Waals surface area contributed by atoms with Gasteiger partial charge in [-0.25, -0.2) is 0 Å². The van der Waals surface area contributed by atoms with Gasteiger partial charge in [0.25, 0.3) is 5.56 Å². The van der Waals surface area contributed by atoms with E-state index in [1.807, 2.05) is 59.2 Å². The molecule has 4 rings (SSSR count). The van der Waals surface area contributed by atoms with Crippen molar-refractivity contribution in [2.75, 3.05) is 0 Å². The monoisotopic (exact) mass is 383 g/mol. The fourth-order valence-corrected chi connectivity index (χ4v) is 3.54. The molecular weight excluding hydrogens is 370 g/mol. The van der Waals surface area contributed by atoms with Gasteiger partial charge in [-0.2, -0.15) is 0 Å². The Morgan fingerprint density at radius 2 is 1.77 bits per heavy atom. The first-order valence-electron chi connectivity index (χ1n) is 7.87. The number of aromatic amines is 2. The average molecular weight is 384 g/mol. The summed E-state index contributed by atoms with van der Waals surface area (Å²) in [5, 5.41) is 15.5. The Morgan fingerprint density at radius 3 is 2.46 bits per heavy atom.